The number of benzene rings is 2. The fraction of sp³-hybridized carbons (Fsp3) is 0.100. The Morgan fingerprint density at radius 2 is 0.900 bits per heavy atom. The van der Waals surface area contributed by atoms with Gasteiger partial charge in [0.15, 0.2) is 0 Å². The lowest BCUT2D eigenvalue weighted by Gasteiger charge is -2.15. The number of hydrogen-bond acceptors (Lipinski definition) is 2. The van der Waals surface area contributed by atoms with Crippen LogP contribution in [-0.2, 0) is 21.9 Å². The van der Waals surface area contributed by atoms with E-state index >= 15 is 0 Å². The van der Waals surface area contributed by atoms with Crippen LogP contribution in [0.5, 0.6) is 0 Å². The second kappa shape index (κ2) is 6.48. The van der Waals surface area contributed by atoms with Crippen LogP contribution < -0.4 is 10.6 Å². The molecule has 0 saturated carbocycles. The topological polar surface area (TPSA) is 58.2 Å². The molecule has 0 aliphatic carbocycles. The van der Waals surface area contributed by atoms with Gasteiger partial charge in [-0.25, -0.2) is 0 Å². The van der Waals surface area contributed by atoms with E-state index in [1.165, 1.54) is 12.1 Å². The van der Waals surface area contributed by atoms with E-state index in [9.17, 15) is 35.9 Å². The number of carbonyl (C=O) groups is 2. The van der Waals surface area contributed by atoms with Crippen LogP contribution in [0, 0.1) is 0 Å². The van der Waals surface area contributed by atoms with E-state index in [4.69, 9.17) is 0 Å². The van der Waals surface area contributed by atoms with Gasteiger partial charge in [-0.3, -0.25) is 9.59 Å². The predicted molar refractivity (Wildman–Crippen MR) is 93.0 cm³/mol. The van der Waals surface area contributed by atoms with Gasteiger partial charge in [-0.05, 0) is 12.1 Å². The molecule has 2 amide bonds. The number of rotatable bonds is 2. The maximum absolute atomic E-state index is 13.4. The molecule has 154 valence electrons. The number of halogens is 6. The first-order valence-corrected chi connectivity index (χ1v) is 8.45. The lowest BCUT2D eigenvalue weighted by molar-refractivity contribution is -0.138. The van der Waals surface area contributed by atoms with Crippen molar-refractivity contribution in [3.8, 4) is 0 Å². The Balaban J connectivity index is 1.97. The molecular formula is C20H10F6N2O2. The van der Waals surface area contributed by atoms with Crippen molar-refractivity contribution >= 4 is 23.2 Å². The van der Waals surface area contributed by atoms with Crippen LogP contribution in [0.1, 0.15) is 22.3 Å². The van der Waals surface area contributed by atoms with Gasteiger partial charge < -0.3 is 10.6 Å². The number of alkyl halides is 6. The molecule has 0 saturated heterocycles. The van der Waals surface area contributed by atoms with E-state index in [0.717, 1.165) is 36.4 Å². The standard InChI is InChI=1S/C20H10F6N2O2/c21-19(22,23)11-7-3-1-5-9(11)15-13-14(18(30)27-15)16(28-17(13)29)10-6-2-4-8-12(10)20(24,25)26/h1-8H,(H,27,30)(H,28,29). The minimum absolute atomic E-state index is 0.403. The smallest absolute Gasteiger partial charge is 0.321 e. The van der Waals surface area contributed by atoms with Crippen molar-refractivity contribution < 1.29 is 35.9 Å². The van der Waals surface area contributed by atoms with Crippen molar-refractivity contribution in [1.82, 2.24) is 10.6 Å². The Kier molecular flexibility index (Phi) is 4.26. The highest BCUT2D eigenvalue weighted by molar-refractivity contribution is 6.30. The van der Waals surface area contributed by atoms with Crippen molar-refractivity contribution in [2.45, 2.75) is 12.4 Å². The molecule has 2 N–H and O–H groups in total. The maximum atomic E-state index is 13.4. The average Bonchev–Trinajstić information content (AvgIpc) is 3.19. The van der Waals surface area contributed by atoms with Crippen molar-refractivity contribution in [3.05, 3.63) is 81.9 Å². The minimum atomic E-state index is -4.78. The van der Waals surface area contributed by atoms with Crippen LogP contribution in [-0.4, -0.2) is 11.8 Å². The second-order valence-electron chi connectivity index (χ2n) is 6.49. The summed E-state index contributed by atoms with van der Waals surface area (Å²) in [6.07, 6.45) is -9.55. The maximum Gasteiger partial charge on any atom is 0.417 e. The third-order valence-electron chi connectivity index (χ3n) is 4.68. The first kappa shape index (κ1) is 19.7. The molecule has 30 heavy (non-hydrogen) atoms. The summed E-state index contributed by atoms with van der Waals surface area (Å²) in [7, 11) is 0. The van der Waals surface area contributed by atoms with Crippen LogP contribution in [0.25, 0.3) is 11.4 Å². The van der Waals surface area contributed by atoms with Gasteiger partial charge in [0.05, 0.1) is 33.7 Å². The molecule has 2 aromatic rings. The van der Waals surface area contributed by atoms with Gasteiger partial charge in [0.2, 0.25) is 0 Å². The van der Waals surface area contributed by atoms with Gasteiger partial charge >= 0.3 is 12.4 Å². The monoisotopic (exact) mass is 424 g/mol. The first-order chi connectivity index (χ1) is 14.0. The van der Waals surface area contributed by atoms with Crippen LogP contribution in [0.2, 0.25) is 0 Å². The number of carbonyl (C=O) groups excluding carboxylic acids is 2. The molecule has 0 fully saturated rings. The van der Waals surface area contributed by atoms with E-state index in [2.05, 4.69) is 10.6 Å². The SMILES string of the molecule is O=C1NC(c2ccccc2C(F)(F)F)=C2C(=O)NC(c3ccccc3C(F)(F)F)=C12. The third-order valence-corrected chi connectivity index (χ3v) is 4.68. The lowest BCUT2D eigenvalue weighted by Crippen LogP contribution is -2.23. The normalized spacial score (nSPS) is 16.7. The van der Waals surface area contributed by atoms with Gasteiger partial charge in [-0.1, -0.05) is 36.4 Å². The van der Waals surface area contributed by atoms with E-state index < -0.39 is 69.0 Å². The first-order valence-electron chi connectivity index (χ1n) is 8.45. The minimum Gasteiger partial charge on any atom is -0.321 e. The fourth-order valence-electron chi connectivity index (χ4n) is 3.48. The van der Waals surface area contributed by atoms with E-state index in [1.54, 1.807) is 0 Å². The Morgan fingerprint density at radius 3 is 1.23 bits per heavy atom. The fourth-order valence-corrected chi connectivity index (χ4v) is 3.48. The van der Waals surface area contributed by atoms with Crippen molar-refractivity contribution in [3.63, 3.8) is 0 Å². The van der Waals surface area contributed by atoms with Crippen LogP contribution >= 0.6 is 0 Å². The van der Waals surface area contributed by atoms with Crippen LogP contribution in [0.15, 0.2) is 59.7 Å². The summed E-state index contributed by atoms with van der Waals surface area (Å²) in [6, 6.07) is 8.58. The summed E-state index contributed by atoms with van der Waals surface area (Å²) < 4.78 is 80.4. The molecule has 10 heteroatoms. The molecule has 0 radical (unpaired) electrons. The Labute approximate surface area is 164 Å². The third kappa shape index (κ3) is 3.04. The van der Waals surface area contributed by atoms with Gasteiger partial charge in [0.1, 0.15) is 0 Å². The molecule has 0 atom stereocenters. The summed E-state index contributed by atoms with van der Waals surface area (Å²) in [5.41, 5.74) is -4.75. The van der Waals surface area contributed by atoms with E-state index in [1.807, 2.05) is 0 Å². The Hall–Kier alpha value is -3.56. The molecule has 0 bridgehead atoms. The average molecular weight is 424 g/mol. The molecule has 0 unspecified atom stereocenters. The second-order valence-corrected chi connectivity index (χ2v) is 6.49. The molecule has 2 aliphatic rings. The van der Waals surface area contributed by atoms with E-state index in [0.29, 0.717) is 0 Å². The number of nitrogens with one attached hydrogen (secondary N) is 2. The molecule has 0 spiro atoms. The molecule has 4 rings (SSSR count). The van der Waals surface area contributed by atoms with Gasteiger partial charge in [-0.2, -0.15) is 26.3 Å². The molecule has 4 nitrogen and oxygen atoms in total. The van der Waals surface area contributed by atoms with Crippen LogP contribution in [0.4, 0.5) is 26.3 Å². The Morgan fingerprint density at radius 1 is 0.567 bits per heavy atom. The highest BCUT2D eigenvalue weighted by atomic mass is 19.4. The number of amides is 2. The zero-order chi connectivity index (χ0) is 21.8. The summed E-state index contributed by atoms with van der Waals surface area (Å²) in [5, 5.41) is 4.43. The molecule has 2 aromatic carbocycles. The van der Waals surface area contributed by atoms with E-state index in [-0.39, 0.29) is 0 Å². The zero-order valence-electron chi connectivity index (χ0n) is 14.7. The quantitative estimate of drug-likeness (QED) is 0.714. The summed E-state index contributed by atoms with van der Waals surface area (Å²) in [4.78, 5) is 25.1. The van der Waals surface area contributed by atoms with Crippen molar-refractivity contribution in [2.24, 2.45) is 0 Å². The van der Waals surface area contributed by atoms with Gasteiger partial charge in [0.25, 0.3) is 11.8 Å². The lowest BCUT2D eigenvalue weighted by atomic mass is 9.97. The zero-order valence-corrected chi connectivity index (χ0v) is 14.7. The molecule has 0 aromatic heterocycles. The highest BCUT2D eigenvalue weighted by Gasteiger charge is 2.45. The summed E-state index contributed by atoms with van der Waals surface area (Å²) >= 11 is 0. The molecular weight excluding hydrogens is 414 g/mol. The molecule has 2 aliphatic heterocycles. The Bertz CT molecular complexity index is 1070. The van der Waals surface area contributed by atoms with Gasteiger partial charge in [-0.15, -0.1) is 0 Å². The number of hydrogen-bond donors (Lipinski definition) is 2. The van der Waals surface area contributed by atoms with Crippen LogP contribution in [0.3, 0.4) is 0 Å². The largest absolute Gasteiger partial charge is 0.417 e. The van der Waals surface area contributed by atoms with Crippen molar-refractivity contribution in [2.75, 3.05) is 0 Å². The van der Waals surface area contributed by atoms with Gasteiger partial charge in [0, 0.05) is 11.1 Å². The number of fused-ring (bicyclic) bond motifs is 1. The summed E-state index contributed by atoms with van der Waals surface area (Å²) in [6.45, 7) is 0. The predicted octanol–water partition coefficient (Wildman–Crippen LogP) is 4.11. The molecule has 2 heterocycles. The summed E-state index contributed by atoms with van der Waals surface area (Å²) in [5.74, 6) is -1.94. The highest BCUT2D eigenvalue weighted by Crippen LogP contribution is 2.43. The van der Waals surface area contributed by atoms with Crippen molar-refractivity contribution in [1.29, 1.82) is 0 Å².